The van der Waals surface area contributed by atoms with Gasteiger partial charge in [0.05, 0.1) is 25.4 Å². The highest BCUT2D eigenvalue weighted by atomic mass is 19.4. The van der Waals surface area contributed by atoms with Crippen LogP contribution in [0, 0.1) is 0 Å². The van der Waals surface area contributed by atoms with Gasteiger partial charge in [0.2, 0.25) is 0 Å². The minimum absolute atomic E-state index is 0.0913. The number of halogens is 3. The molecule has 2 N–H and O–H groups in total. The summed E-state index contributed by atoms with van der Waals surface area (Å²) in [6.45, 7) is 3.24. The first-order chi connectivity index (χ1) is 8.85. The highest BCUT2D eigenvalue weighted by Crippen LogP contribution is 2.21. The molecule has 19 heavy (non-hydrogen) atoms. The Kier molecular flexibility index (Phi) is 10.2. The summed E-state index contributed by atoms with van der Waals surface area (Å²) in [6.07, 6.45) is -5.05. The SMILES string of the molecule is COCC(C)OCC(O)CNCCCCC(F)(F)F. The van der Waals surface area contributed by atoms with E-state index in [1.54, 1.807) is 7.11 Å². The van der Waals surface area contributed by atoms with Gasteiger partial charge in [-0.3, -0.25) is 0 Å². The molecule has 0 saturated heterocycles. The van der Waals surface area contributed by atoms with Gasteiger partial charge in [0, 0.05) is 20.1 Å². The van der Waals surface area contributed by atoms with Crippen molar-refractivity contribution < 1.29 is 27.8 Å². The molecule has 0 aliphatic heterocycles. The quantitative estimate of drug-likeness (QED) is 0.568. The van der Waals surface area contributed by atoms with E-state index in [1.165, 1.54) is 0 Å². The van der Waals surface area contributed by atoms with Crippen molar-refractivity contribution in [3.8, 4) is 0 Å². The Labute approximate surface area is 112 Å². The number of hydrogen-bond acceptors (Lipinski definition) is 4. The zero-order valence-corrected chi connectivity index (χ0v) is 11.5. The van der Waals surface area contributed by atoms with Crippen LogP contribution in [0.1, 0.15) is 26.2 Å². The smallest absolute Gasteiger partial charge is 0.389 e. The number of rotatable bonds is 11. The Morgan fingerprint density at radius 1 is 1.21 bits per heavy atom. The maximum Gasteiger partial charge on any atom is 0.389 e. The first kappa shape index (κ1) is 18.6. The van der Waals surface area contributed by atoms with Crippen molar-refractivity contribution in [1.82, 2.24) is 5.32 Å². The monoisotopic (exact) mass is 287 g/mol. The lowest BCUT2D eigenvalue weighted by molar-refractivity contribution is -0.135. The lowest BCUT2D eigenvalue weighted by Gasteiger charge is -2.16. The Balaban J connectivity index is 3.36. The van der Waals surface area contributed by atoms with Gasteiger partial charge in [0.25, 0.3) is 0 Å². The van der Waals surface area contributed by atoms with Gasteiger partial charge < -0.3 is 19.9 Å². The van der Waals surface area contributed by atoms with E-state index in [9.17, 15) is 18.3 Å². The molecule has 0 amide bonds. The standard InChI is InChI=1S/C12H24F3NO3/c1-10(8-18-2)19-9-11(17)7-16-6-4-3-5-12(13,14)15/h10-11,16-17H,3-9H2,1-2H3. The second-order valence-corrected chi connectivity index (χ2v) is 4.53. The van der Waals surface area contributed by atoms with E-state index in [1.807, 2.05) is 6.92 Å². The van der Waals surface area contributed by atoms with Gasteiger partial charge in [-0.15, -0.1) is 0 Å². The lowest BCUT2D eigenvalue weighted by atomic mass is 10.2. The van der Waals surface area contributed by atoms with E-state index in [0.29, 0.717) is 26.1 Å². The van der Waals surface area contributed by atoms with Crippen LogP contribution in [-0.4, -0.2) is 56.9 Å². The van der Waals surface area contributed by atoms with Crippen LogP contribution in [0.15, 0.2) is 0 Å². The van der Waals surface area contributed by atoms with E-state index in [4.69, 9.17) is 9.47 Å². The molecule has 0 saturated carbocycles. The Bertz CT molecular complexity index is 215. The second kappa shape index (κ2) is 10.4. The normalized spacial score (nSPS) is 15.5. The van der Waals surface area contributed by atoms with Gasteiger partial charge in [-0.1, -0.05) is 0 Å². The molecule has 0 spiro atoms. The van der Waals surface area contributed by atoms with Crippen LogP contribution in [0.3, 0.4) is 0 Å². The topological polar surface area (TPSA) is 50.7 Å². The number of nitrogens with one attached hydrogen (secondary N) is 1. The average Bonchev–Trinajstić information content (AvgIpc) is 2.30. The van der Waals surface area contributed by atoms with Crippen LogP contribution in [-0.2, 0) is 9.47 Å². The molecular formula is C12H24F3NO3. The number of aliphatic hydroxyl groups is 1. The number of hydrogen-bond donors (Lipinski definition) is 2. The lowest BCUT2D eigenvalue weighted by Crippen LogP contribution is -2.32. The molecule has 7 heteroatoms. The van der Waals surface area contributed by atoms with Crippen molar-refractivity contribution in [1.29, 1.82) is 0 Å². The molecule has 0 aromatic heterocycles. The van der Waals surface area contributed by atoms with Crippen molar-refractivity contribution in [2.24, 2.45) is 0 Å². The summed E-state index contributed by atoms with van der Waals surface area (Å²) in [6, 6.07) is 0. The van der Waals surface area contributed by atoms with Gasteiger partial charge >= 0.3 is 6.18 Å². The van der Waals surface area contributed by atoms with E-state index in [0.717, 1.165) is 0 Å². The minimum Gasteiger partial charge on any atom is -0.389 e. The molecule has 2 unspecified atom stereocenters. The molecule has 0 aromatic rings. The summed E-state index contributed by atoms with van der Waals surface area (Å²) in [4.78, 5) is 0. The molecule has 0 fully saturated rings. The molecule has 0 bridgehead atoms. The third kappa shape index (κ3) is 13.9. The number of unbranched alkanes of at least 4 members (excludes halogenated alkanes) is 1. The Morgan fingerprint density at radius 2 is 1.89 bits per heavy atom. The fourth-order valence-corrected chi connectivity index (χ4v) is 1.46. The number of alkyl halides is 3. The maximum absolute atomic E-state index is 11.8. The summed E-state index contributed by atoms with van der Waals surface area (Å²) in [5, 5.41) is 12.4. The molecular weight excluding hydrogens is 263 g/mol. The summed E-state index contributed by atoms with van der Waals surface area (Å²) in [5.74, 6) is 0. The highest BCUT2D eigenvalue weighted by molar-refractivity contribution is 4.60. The molecule has 0 radical (unpaired) electrons. The van der Waals surface area contributed by atoms with Gasteiger partial charge in [0.15, 0.2) is 0 Å². The zero-order valence-electron chi connectivity index (χ0n) is 11.5. The predicted octanol–water partition coefficient (Wildman–Crippen LogP) is 1.72. The number of methoxy groups -OCH3 is 1. The fourth-order valence-electron chi connectivity index (χ4n) is 1.46. The van der Waals surface area contributed by atoms with E-state index in [-0.39, 0.29) is 19.1 Å². The number of ether oxygens (including phenoxy) is 2. The molecule has 116 valence electrons. The molecule has 0 aliphatic rings. The third-order valence-corrected chi connectivity index (χ3v) is 2.42. The predicted molar refractivity (Wildman–Crippen MR) is 66.1 cm³/mol. The molecule has 0 aliphatic carbocycles. The zero-order chi connectivity index (χ0) is 14.7. The molecule has 4 nitrogen and oxygen atoms in total. The van der Waals surface area contributed by atoms with Crippen molar-refractivity contribution >= 4 is 0 Å². The summed E-state index contributed by atoms with van der Waals surface area (Å²) < 4.78 is 45.7. The van der Waals surface area contributed by atoms with Gasteiger partial charge in [-0.25, -0.2) is 0 Å². The van der Waals surface area contributed by atoms with Crippen LogP contribution in [0.2, 0.25) is 0 Å². The molecule has 0 aromatic carbocycles. The van der Waals surface area contributed by atoms with Gasteiger partial charge in [-0.05, 0) is 26.3 Å². The van der Waals surface area contributed by atoms with E-state index >= 15 is 0 Å². The number of aliphatic hydroxyl groups excluding tert-OH is 1. The Morgan fingerprint density at radius 3 is 2.47 bits per heavy atom. The summed E-state index contributed by atoms with van der Waals surface area (Å²) in [7, 11) is 1.57. The van der Waals surface area contributed by atoms with Gasteiger partial charge in [0.1, 0.15) is 0 Å². The van der Waals surface area contributed by atoms with E-state index < -0.39 is 18.7 Å². The first-order valence-corrected chi connectivity index (χ1v) is 6.41. The fraction of sp³-hybridized carbons (Fsp3) is 1.00. The van der Waals surface area contributed by atoms with E-state index in [2.05, 4.69) is 5.32 Å². The van der Waals surface area contributed by atoms with Crippen LogP contribution < -0.4 is 5.32 Å². The molecule has 0 heterocycles. The first-order valence-electron chi connectivity index (χ1n) is 6.41. The summed E-state index contributed by atoms with van der Waals surface area (Å²) >= 11 is 0. The van der Waals surface area contributed by atoms with Crippen LogP contribution in [0.25, 0.3) is 0 Å². The van der Waals surface area contributed by atoms with Crippen molar-refractivity contribution in [3.05, 3.63) is 0 Å². The van der Waals surface area contributed by atoms with Crippen LogP contribution >= 0.6 is 0 Å². The summed E-state index contributed by atoms with van der Waals surface area (Å²) in [5.41, 5.74) is 0. The van der Waals surface area contributed by atoms with Gasteiger partial charge in [-0.2, -0.15) is 13.2 Å². The van der Waals surface area contributed by atoms with Crippen LogP contribution in [0.4, 0.5) is 13.2 Å². The second-order valence-electron chi connectivity index (χ2n) is 4.53. The third-order valence-electron chi connectivity index (χ3n) is 2.42. The average molecular weight is 287 g/mol. The maximum atomic E-state index is 11.8. The Hall–Kier alpha value is -0.370. The van der Waals surface area contributed by atoms with Crippen molar-refractivity contribution in [3.63, 3.8) is 0 Å². The largest absolute Gasteiger partial charge is 0.389 e. The highest BCUT2D eigenvalue weighted by Gasteiger charge is 2.25. The van der Waals surface area contributed by atoms with Crippen molar-refractivity contribution in [2.75, 3.05) is 33.4 Å². The van der Waals surface area contributed by atoms with Crippen molar-refractivity contribution in [2.45, 2.75) is 44.6 Å². The molecule has 2 atom stereocenters. The van der Waals surface area contributed by atoms with Crippen LogP contribution in [0.5, 0.6) is 0 Å². The molecule has 0 rings (SSSR count). The minimum atomic E-state index is -4.08.